The van der Waals surface area contributed by atoms with Crippen LogP contribution in [0.5, 0.6) is 5.75 Å². The molecule has 0 aliphatic carbocycles. The Hall–Kier alpha value is -1.85. The van der Waals surface area contributed by atoms with Gasteiger partial charge in [0.05, 0.1) is 17.4 Å². The van der Waals surface area contributed by atoms with Gasteiger partial charge in [-0.3, -0.25) is 9.59 Å². The van der Waals surface area contributed by atoms with E-state index in [-0.39, 0.29) is 35.1 Å². The highest BCUT2D eigenvalue weighted by molar-refractivity contribution is 8.00. The maximum absolute atomic E-state index is 11.7. The molecule has 0 aromatic heterocycles. The topological polar surface area (TPSA) is 139 Å². The summed E-state index contributed by atoms with van der Waals surface area (Å²) in [6.07, 6.45) is 2.02. The minimum atomic E-state index is -1.37. The Kier molecular flexibility index (Phi) is 6.62. The lowest BCUT2D eigenvalue weighted by Gasteiger charge is -2.29. The number of nitrogens with one attached hydrogen (secondary N) is 1. The third-order valence-electron chi connectivity index (χ3n) is 3.43. The maximum Gasteiger partial charge on any atom is 0.547 e. The number of benzene rings is 1. The van der Waals surface area contributed by atoms with Gasteiger partial charge in [-0.05, 0) is 24.3 Å². The number of thioether (sulfide) groups is 2. The standard InChI is InChI=1S/C14H17BN2O6S2/c1-24-6-11(19)17-9-4-7-2-3-8(25-5-10(16)18)12(14(20)21)13(7)23-15(9)22/h2-3,9,22H,4-6H2,1H3,(H2,16,18)(H,17,19)(H,20,21)/t9-/m0/s1. The van der Waals surface area contributed by atoms with Gasteiger partial charge in [-0.2, -0.15) is 11.8 Å². The number of carboxylic acid groups (broad SMARTS) is 1. The molecule has 1 heterocycles. The summed E-state index contributed by atoms with van der Waals surface area (Å²) in [5.41, 5.74) is 5.52. The highest BCUT2D eigenvalue weighted by Crippen LogP contribution is 2.36. The van der Waals surface area contributed by atoms with Crippen molar-refractivity contribution >= 4 is 48.4 Å². The second kappa shape index (κ2) is 8.50. The summed E-state index contributed by atoms with van der Waals surface area (Å²) in [7, 11) is -1.37. The van der Waals surface area contributed by atoms with Gasteiger partial charge in [0.15, 0.2) is 0 Å². The Bertz CT molecular complexity index is 702. The van der Waals surface area contributed by atoms with Crippen LogP contribution in [-0.2, 0) is 16.0 Å². The second-order valence-electron chi connectivity index (χ2n) is 5.31. The van der Waals surface area contributed by atoms with Crippen LogP contribution in [0.2, 0.25) is 0 Å². The summed E-state index contributed by atoms with van der Waals surface area (Å²) in [6, 6.07) is 3.22. The number of hydrogen-bond acceptors (Lipinski definition) is 7. The van der Waals surface area contributed by atoms with Crippen LogP contribution in [0.1, 0.15) is 15.9 Å². The van der Waals surface area contributed by atoms with E-state index in [0.29, 0.717) is 10.5 Å². The number of carbonyl (C=O) groups excluding carboxylic acids is 2. The van der Waals surface area contributed by atoms with Crippen molar-refractivity contribution in [1.82, 2.24) is 5.32 Å². The number of rotatable bonds is 7. The van der Waals surface area contributed by atoms with E-state index in [2.05, 4.69) is 5.32 Å². The number of amides is 2. The van der Waals surface area contributed by atoms with Gasteiger partial charge in [-0.1, -0.05) is 6.07 Å². The highest BCUT2D eigenvalue weighted by atomic mass is 32.2. The normalized spacial score (nSPS) is 15.9. The number of nitrogens with two attached hydrogens (primary N) is 1. The molecule has 8 nitrogen and oxygen atoms in total. The molecule has 25 heavy (non-hydrogen) atoms. The molecule has 1 aromatic carbocycles. The quantitative estimate of drug-likeness (QED) is 0.373. The van der Waals surface area contributed by atoms with Crippen molar-refractivity contribution in [2.45, 2.75) is 17.3 Å². The summed E-state index contributed by atoms with van der Waals surface area (Å²) >= 11 is 2.33. The van der Waals surface area contributed by atoms with Crippen LogP contribution in [0.4, 0.5) is 0 Å². The zero-order valence-electron chi connectivity index (χ0n) is 13.4. The Labute approximate surface area is 153 Å². The molecule has 0 bridgehead atoms. The SMILES string of the molecule is CSCC(=O)N[C@H]1Cc2ccc(SCC(N)=O)c(C(=O)O)c2OB1O. The zero-order valence-corrected chi connectivity index (χ0v) is 15.0. The molecule has 5 N–H and O–H groups in total. The maximum atomic E-state index is 11.7. The Morgan fingerprint density at radius 3 is 2.72 bits per heavy atom. The first kappa shape index (κ1) is 19.5. The van der Waals surface area contributed by atoms with Crippen molar-refractivity contribution in [3.8, 4) is 5.75 Å². The fraction of sp³-hybridized carbons (Fsp3) is 0.357. The molecule has 1 aromatic rings. The van der Waals surface area contributed by atoms with Crippen molar-refractivity contribution in [2.24, 2.45) is 5.73 Å². The molecule has 11 heteroatoms. The first-order valence-corrected chi connectivity index (χ1v) is 9.64. The lowest BCUT2D eigenvalue weighted by molar-refractivity contribution is -0.119. The Morgan fingerprint density at radius 1 is 1.40 bits per heavy atom. The summed E-state index contributed by atoms with van der Waals surface area (Å²) in [5, 5.41) is 22.3. The molecule has 134 valence electrons. The Morgan fingerprint density at radius 2 is 2.12 bits per heavy atom. The van der Waals surface area contributed by atoms with E-state index in [1.54, 1.807) is 18.4 Å². The number of primary amides is 1. The van der Waals surface area contributed by atoms with Crippen molar-refractivity contribution in [2.75, 3.05) is 17.8 Å². The molecule has 0 radical (unpaired) electrons. The van der Waals surface area contributed by atoms with Gasteiger partial charge in [-0.25, -0.2) is 4.79 Å². The van der Waals surface area contributed by atoms with E-state index in [9.17, 15) is 24.5 Å². The Balaban J connectivity index is 2.28. The molecule has 2 rings (SSSR count). The average molecular weight is 384 g/mol. The van der Waals surface area contributed by atoms with Crippen LogP contribution in [0, 0.1) is 0 Å². The van der Waals surface area contributed by atoms with Gasteiger partial charge in [0, 0.05) is 4.90 Å². The molecular weight excluding hydrogens is 367 g/mol. The molecule has 0 saturated heterocycles. The fourth-order valence-corrected chi connectivity index (χ4v) is 3.55. The van der Waals surface area contributed by atoms with E-state index in [4.69, 9.17) is 10.4 Å². The van der Waals surface area contributed by atoms with Gasteiger partial charge in [0.25, 0.3) is 0 Å². The molecule has 0 fully saturated rings. The van der Waals surface area contributed by atoms with Crippen LogP contribution in [0.15, 0.2) is 17.0 Å². The first-order valence-electron chi connectivity index (χ1n) is 7.26. The summed E-state index contributed by atoms with van der Waals surface area (Å²) in [5.74, 6) is -2.50. The predicted molar refractivity (Wildman–Crippen MR) is 95.9 cm³/mol. The smallest absolute Gasteiger partial charge is 0.534 e. The lowest BCUT2D eigenvalue weighted by atomic mass is 9.72. The number of fused-ring (bicyclic) bond motifs is 1. The average Bonchev–Trinajstić information content (AvgIpc) is 2.53. The molecule has 0 unspecified atom stereocenters. The van der Waals surface area contributed by atoms with E-state index in [1.807, 2.05) is 0 Å². The number of carbonyl (C=O) groups is 3. The van der Waals surface area contributed by atoms with Crippen LogP contribution in [0.25, 0.3) is 0 Å². The van der Waals surface area contributed by atoms with Gasteiger partial charge >= 0.3 is 13.1 Å². The van der Waals surface area contributed by atoms with E-state index < -0.39 is 24.9 Å². The number of carboxylic acids is 1. The van der Waals surface area contributed by atoms with E-state index in [1.165, 1.54) is 11.8 Å². The van der Waals surface area contributed by atoms with Crippen molar-refractivity contribution in [3.05, 3.63) is 23.3 Å². The van der Waals surface area contributed by atoms with Crippen molar-refractivity contribution < 1.29 is 29.2 Å². The summed E-state index contributed by atoms with van der Waals surface area (Å²) in [6.45, 7) is 0. The highest BCUT2D eigenvalue weighted by Gasteiger charge is 2.38. The number of aromatic carboxylic acids is 1. The zero-order chi connectivity index (χ0) is 18.6. The second-order valence-corrected chi connectivity index (χ2v) is 7.19. The third-order valence-corrected chi connectivity index (χ3v) is 5.06. The summed E-state index contributed by atoms with van der Waals surface area (Å²) in [4.78, 5) is 34.6. The number of hydrogen-bond donors (Lipinski definition) is 4. The third kappa shape index (κ3) is 4.83. The van der Waals surface area contributed by atoms with Crippen LogP contribution in [0.3, 0.4) is 0 Å². The van der Waals surface area contributed by atoms with Gasteiger partial charge < -0.3 is 25.8 Å². The molecule has 1 aliphatic rings. The molecular formula is C14H17BN2O6S2. The van der Waals surface area contributed by atoms with Crippen molar-refractivity contribution in [1.29, 1.82) is 0 Å². The van der Waals surface area contributed by atoms with Gasteiger partial charge in [0.2, 0.25) is 11.8 Å². The minimum Gasteiger partial charge on any atom is -0.534 e. The minimum absolute atomic E-state index is 0.0461. The van der Waals surface area contributed by atoms with E-state index in [0.717, 1.165) is 11.8 Å². The predicted octanol–water partition coefficient (Wildman–Crippen LogP) is -0.235. The summed E-state index contributed by atoms with van der Waals surface area (Å²) < 4.78 is 5.39. The molecule has 0 spiro atoms. The van der Waals surface area contributed by atoms with Gasteiger partial charge in [0.1, 0.15) is 11.3 Å². The molecule has 1 atom stereocenters. The van der Waals surface area contributed by atoms with Crippen molar-refractivity contribution in [3.63, 3.8) is 0 Å². The fourth-order valence-electron chi connectivity index (χ4n) is 2.42. The van der Waals surface area contributed by atoms with Crippen LogP contribution >= 0.6 is 23.5 Å². The molecule has 1 aliphatic heterocycles. The van der Waals surface area contributed by atoms with E-state index >= 15 is 0 Å². The first-order chi connectivity index (χ1) is 11.8. The molecule has 2 amide bonds. The van der Waals surface area contributed by atoms with Crippen LogP contribution in [-0.4, -0.2) is 58.7 Å². The largest absolute Gasteiger partial charge is 0.547 e. The monoisotopic (exact) mass is 384 g/mol. The lowest BCUT2D eigenvalue weighted by Crippen LogP contribution is -2.53. The van der Waals surface area contributed by atoms with Crippen LogP contribution < -0.4 is 15.7 Å². The molecule has 0 saturated carbocycles. The van der Waals surface area contributed by atoms with Gasteiger partial charge in [-0.15, -0.1) is 11.8 Å².